The predicted molar refractivity (Wildman–Crippen MR) is 118 cm³/mol. The largest absolute Gasteiger partial charge is 0.492 e. The second-order valence-electron chi connectivity index (χ2n) is 6.97. The zero-order valence-electron chi connectivity index (χ0n) is 17.6. The van der Waals surface area contributed by atoms with E-state index in [-0.39, 0.29) is 0 Å². The fourth-order valence-corrected chi connectivity index (χ4v) is 3.27. The van der Waals surface area contributed by atoms with Gasteiger partial charge in [-0.25, -0.2) is 0 Å². The second-order valence-corrected chi connectivity index (χ2v) is 7.38. The van der Waals surface area contributed by atoms with E-state index in [2.05, 4.69) is 29.6 Å². The SMILES string of the molecule is CCOc1cc(N2CCOCC2)c(OCC)cc1NC(=S)NCCC[NH+](C)C. The first-order valence-corrected chi connectivity index (χ1v) is 10.6. The number of ether oxygens (including phenoxy) is 3. The third-order valence-electron chi connectivity index (χ3n) is 4.40. The molecule has 0 aliphatic carbocycles. The van der Waals surface area contributed by atoms with Crippen molar-refractivity contribution in [3.63, 3.8) is 0 Å². The van der Waals surface area contributed by atoms with Gasteiger partial charge < -0.3 is 34.6 Å². The minimum atomic E-state index is 0.580. The molecule has 28 heavy (non-hydrogen) atoms. The van der Waals surface area contributed by atoms with Crippen molar-refractivity contribution >= 4 is 28.7 Å². The van der Waals surface area contributed by atoms with Crippen molar-refractivity contribution in [3.05, 3.63) is 12.1 Å². The lowest BCUT2D eigenvalue weighted by atomic mass is 10.2. The number of morpholine rings is 1. The van der Waals surface area contributed by atoms with Gasteiger partial charge in [-0.1, -0.05) is 0 Å². The van der Waals surface area contributed by atoms with Crippen molar-refractivity contribution in [1.82, 2.24) is 5.32 Å². The van der Waals surface area contributed by atoms with Gasteiger partial charge in [-0.2, -0.15) is 0 Å². The van der Waals surface area contributed by atoms with Gasteiger partial charge in [0.1, 0.15) is 11.5 Å². The molecule has 1 saturated heterocycles. The summed E-state index contributed by atoms with van der Waals surface area (Å²) in [6.45, 7) is 10.2. The van der Waals surface area contributed by atoms with E-state index in [9.17, 15) is 0 Å². The molecule has 0 radical (unpaired) electrons. The Morgan fingerprint density at radius 2 is 1.82 bits per heavy atom. The molecule has 158 valence electrons. The van der Waals surface area contributed by atoms with Crippen molar-refractivity contribution in [1.29, 1.82) is 0 Å². The molecule has 0 saturated carbocycles. The normalized spacial score (nSPS) is 14.1. The Labute approximate surface area is 174 Å². The molecule has 1 heterocycles. The highest BCUT2D eigenvalue weighted by molar-refractivity contribution is 7.80. The van der Waals surface area contributed by atoms with Crippen LogP contribution in [0.3, 0.4) is 0 Å². The van der Waals surface area contributed by atoms with E-state index in [1.54, 1.807) is 0 Å². The summed E-state index contributed by atoms with van der Waals surface area (Å²) in [5, 5.41) is 7.14. The average molecular weight is 412 g/mol. The van der Waals surface area contributed by atoms with Crippen LogP contribution in [0, 0.1) is 0 Å². The van der Waals surface area contributed by atoms with E-state index in [1.165, 1.54) is 4.90 Å². The lowest BCUT2D eigenvalue weighted by molar-refractivity contribution is -0.858. The first kappa shape index (κ1) is 22.5. The number of nitrogens with one attached hydrogen (secondary N) is 3. The third-order valence-corrected chi connectivity index (χ3v) is 4.65. The molecule has 7 nitrogen and oxygen atoms in total. The molecular weight excluding hydrogens is 376 g/mol. The van der Waals surface area contributed by atoms with Crippen LogP contribution in [-0.4, -0.2) is 71.8 Å². The number of quaternary nitrogens is 1. The molecule has 0 spiro atoms. The van der Waals surface area contributed by atoms with Gasteiger partial charge in [-0.15, -0.1) is 0 Å². The van der Waals surface area contributed by atoms with Gasteiger partial charge >= 0.3 is 0 Å². The Morgan fingerprint density at radius 1 is 1.14 bits per heavy atom. The average Bonchev–Trinajstić information content (AvgIpc) is 2.68. The van der Waals surface area contributed by atoms with E-state index in [0.29, 0.717) is 18.3 Å². The summed E-state index contributed by atoms with van der Waals surface area (Å²) in [4.78, 5) is 3.71. The topological polar surface area (TPSA) is 59.4 Å². The number of rotatable bonds is 10. The number of hydrogen-bond donors (Lipinski definition) is 3. The van der Waals surface area contributed by atoms with Crippen LogP contribution in [-0.2, 0) is 4.74 Å². The van der Waals surface area contributed by atoms with E-state index in [4.69, 9.17) is 26.4 Å². The number of benzene rings is 1. The van der Waals surface area contributed by atoms with Gasteiger partial charge in [0.25, 0.3) is 0 Å². The third kappa shape index (κ3) is 7.00. The molecule has 1 fully saturated rings. The maximum absolute atomic E-state index is 5.93. The number of hydrogen-bond acceptors (Lipinski definition) is 5. The van der Waals surface area contributed by atoms with Crippen LogP contribution in [0.5, 0.6) is 11.5 Å². The van der Waals surface area contributed by atoms with Gasteiger partial charge in [0.05, 0.1) is 58.4 Å². The van der Waals surface area contributed by atoms with E-state index >= 15 is 0 Å². The van der Waals surface area contributed by atoms with Crippen LogP contribution in [0.4, 0.5) is 11.4 Å². The molecule has 3 N–H and O–H groups in total. The minimum Gasteiger partial charge on any atom is -0.492 e. The Hall–Kier alpha value is -1.77. The summed E-state index contributed by atoms with van der Waals surface area (Å²) in [7, 11) is 4.30. The zero-order valence-corrected chi connectivity index (χ0v) is 18.4. The van der Waals surface area contributed by atoms with Crippen LogP contribution in [0.2, 0.25) is 0 Å². The Bertz CT molecular complexity index is 622. The van der Waals surface area contributed by atoms with Crippen molar-refractivity contribution in [2.45, 2.75) is 20.3 Å². The van der Waals surface area contributed by atoms with Crippen molar-refractivity contribution in [2.24, 2.45) is 0 Å². The number of anilines is 2. The van der Waals surface area contributed by atoms with Gasteiger partial charge in [0.15, 0.2) is 5.11 Å². The van der Waals surface area contributed by atoms with Crippen molar-refractivity contribution in [3.8, 4) is 11.5 Å². The molecule has 1 aliphatic heterocycles. The first-order chi connectivity index (χ1) is 13.5. The summed E-state index contributed by atoms with van der Waals surface area (Å²) in [6.07, 6.45) is 1.06. The van der Waals surface area contributed by atoms with Crippen molar-refractivity contribution < 1.29 is 19.1 Å². The molecule has 0 bridgehead atoms. The van der Waals surface area contributed by atoms with E-state index in [1.807, 2.05) is 26.0 Å². The molecule has 8 heteroatoms. The molecular formula is C20H35N4O3S+. The first-order valence-electron chi connectivity index (χ1n) is 10.1. The maximum Gasteiger partial charge on any atom is 0.170 e. The fraction of sp³-hybridized carbons (Fsp3) is 0.650. The highest BCUT2D eigenvalue weighted by Crippen LogP contribution is 2.39. The standard InChI is InChI=1S/C20H34N4O3S/c1-5-26-18-15-17(24-10-12-25-13-11-24)19(27-6-2)14-16(18)22-20(28)21-8-7-9-23(3)4/h14-15H,5-13H2,1-4H3,(H2,21,22,28)/p+1. The summed E-state index contributed by atoms with van der Waals surface area (Å²) in [5.41, 5.74) is 1.85. The Morgan fingerprint density at radius 3 is 2.46 bits per heavy atom. The van der Waals surface area contributed by atoms with Gasteiger partial charge in [0, 0.05) is 38.2 Å². The lowest BCUT2D eigenvalue weighted by Gasteiger charge is -2.31. The smallest absolute Gasteiger partial charge is 0.170 e. The predicted octanol–water partition coefficient (Wildman–Crippen LogP) is 1.14. The summed E-state index contributed by atoms with van der Waals surface area (Å²) in [5.74, 6) is 1.60. The molecule has 0 amide bonds. The monoisotopic (exact) mass is 411 g/mol. The highest BCUT2D eigenvalue weighted by atomic mass is 32.1. The number of nitrogens with zero attached hydrogens (tertiary/aromatic N) is 1. The molecule has 0 aromatic heterocycles. The Kier molecular flexibility index (Phi) is 9.60. The minimum absolute atomic E-state index is 0.580. The van der Waals surface area contributed by atoms with Crippen LogP contribution >= 0.6 is 12.2 Å². The summed E-state index contributed by atoms with van der Waals surface area (Å²) in [6, 6.07) is 4.03. The molecule has 1 aliphatic rings. The molecule has 1 aromatic rings. The maximum atomic E-state index is 5.93. The Balaban J connectivity index is 2.14. The van der Waals surface area contributed by atoms with E-state index < -0.39 is 0 Å². The number of thiocarbonyl (C=S) groups is 1. The van der Waals surface area contributed by atoms with Gasteiger partial charge in [-0.3, -0.25) is 0 Å². The van der Waals surface area contributed by atoms with Crippen LogP contribution < -0.4 is 29.9 Å². The molecule has 0 unspecified atom stereocenters. The summed E-state index contributed by atoms with van der Waals surface area (Å²) < 4.78 is 17.3. The van der Waals surface area contributed by atoms with Gasteiger partial charge in [0.2, 0.25) is 0 Å². The molecule has 0 atom stereocenters. The molecule has 1 aromatic carbocycles. The molecule has 2 rings (SSSR count). The second kappa shape index (κ2) is 11.9. The zero-order chi connectivity index (χ0) is 20.4. The highest BCUT2D eigenvalue weighted by Gasteiger charge is 2.20. The van der Waals surface area contributed by atoms with Crippen LogP contribution in [0.1, 0.15) is 20.3 Å². The van der Waals surface area contributed by atoms with Crippen LogP contribution in [0.15, 0.2) is 12.1 Å². The lowest BCUT2D eigenvalue weighted by Crippen LogP contribution is -3.05. The van der Waals surface area contributed by atoms with Gasteiger partial charge in [-0.05, 0) is 26.1 Å². The quantitative estimate of drug-likeness (QED) is 0.394. The summed E-state index contributed by atoms with van der Waals surface area (Å²) >= 11 is 5.47. The van der Waals surface area contributed by atoms with E-state index in [0.717, 1.165) is 68.7 Å². The van der Waals surface area contributed by atoms with Crippen molar-refractivity contribution in [2.75, 3.05) is 76.9 Å². The fourth-order valence-electron chi connectivity index (χ4n) is 3.05. The van der Waals surface area contributed by atoms with Crippen LogP contribution in [0.25, 0.3) is 0 Å².